The Kier molecular flexibility index (Phi) is 7.10. The molecule has 0 saturated heterocycles. The number of hydrogen-bond acceptors (Lipinski definition) is 7. The second-order valence-corrected chi connectivity index (χ2v) is 7.88. The minimum Gasteiger partial charge on any atom is -0.497 e. The fourth-order valence-electron chi connectivity index (χ4n) is 4.13. The Morgan fingerprint density at radius 2 is 1.39 bits per heavy atom. The topological polar surface area (TPSA) is 94.6 Å². The van der Waals surface area contributed by atoms with Crippen LogP contribution >= 0.6 is 0 Å². The van der Waals surface area contributed by atoms with Gasteiger partial charge in [0, 0.05) is 30.4 Å². The maximum atomic E-state index is 13.8. The van der Waals surface area contributed by atoms with E-state index in [9.17, 15) is 14.4 Å². The Morgan fingerprint density at radius 3 is 1.92 bits per heavy atom. The molecule has 4 rings (SSSR count). The summed E-state index contributed by atoms with van der Waals surface area (Å²) in [6.07, 6.45) is 0. The van der Waals surface area contributed by atoms with E-state index >= 15 is 0 Å². The Balaban J connectivity index is 1.69. The number of ether oxygens (including phenoxy) is 4. The summed E-state index contributed by atoms with van der Waals surface area (Å²) in [7, 11) is 5.94. The molecule has 9 nitrogen and oxygen atoms in total. The third-order valence-corrected chi connectivity index (χ3v) is 5.95. The summed E-state index contributed by atoms with van der Waals surface area (Å²) in [5.41, 5.74) is 1.51. The van der Waals surface area contributed by atoms with Gasteiger partial charge in [0.1, 0.15) is 5.75 Å². The van der Waals surface area contributed by atoms with Crippen LogP contribution in [-0.2, 0) is 0 Å². The average molecular weight is 491 g/mol. The summed E-state index contributed by atoms with van der Waals surface area (Å²) in [5.74, 6) is 0.394. The molecule has 3 amide bonds. The summed E-state index contributed by atoms with van der Waals surface area (Å²) in [6.45, 7) is 0.0495. The first-order valence-electron chi connectivity index (χ1n) is 11.1. The number of nitrogens with zero attached hydrogens (tertiary/aromatic N) is 2. The van der Waals surface area contributed by atoms with Crippen LogP contribution < -0.4 is 23.8 Å². The zero-order chi connectivity index (χ0) is 25.8. The quantitative estimate of drug-likeness (QED) is 0.423. The van der Waals surface area contributed by atoms with Crippen LogP contribution in [0.2, 0.25) is 0 Å². The minimum absolute atomic E-state index is 0.000277. The molecule has 0 spiro atoms. The third-order valence-electron chi connectivity index (χ3n) is 5.95. The molecule has 1 heterocycles. The van der Waals surface area contributed by atoms with E-state index in [2.05, 4.69) is 0 Å². The van der Waals surface area contributed by atoms with Gasteiger partial charge in [-0.05, 0) is 36.4 Å². The van der Waals surface area contributed by atoms with Crippen molar-refractivity contribution in [2.24, 2.45) is 0 Å². The summed E-state index contributed by atoms with van der Waals surface area (Å²) in [4.78, 5) is 42.2. The number of carbonyl (C=O) groups excluding carboxylic acids is 3. The molecule has 0 radical (unpaired) electrons. The van der Waals surface area contributed by atoms with Crippen molar-refractivity contribution in [3.63, 3.8) is 0 Å². The van der Waals surface area contributed by atoms with Crippen molar-refractivity contribution in [1.29, 1.82) is 0 Å². The van der Waals surface area contributed by atoms with Crippen LogP contribution in [0.1, 0.15) is 31.1 Å². The molecule has 0 N–H and O–H groups in total. The Labute approximate surface area is 208 Å². The molecule has 3 aromatic carbocycles. The van der Waals surface area contributed by atoms with Gasteiger partial charge in [-0.1, -0.05) is 18.2 Å². The number of benzene rings is 3. The van der Waals surface area contributed by atoms with Gasteiger partial charge in [0.05, 0.1) is 39.6 Å². The zero-order valence-electron chi connectivity index (χ0n) is 20.4. The molecule has 0 saturated carbocycles. The van der Waals surface area contributed by atoms with Gasteiger partial charge in [0.25, 0.3) is 17.7 Å². The summed E-state index contributed by atoms with van der Waals surface area (Å²) in [6, 6.07) is 16.7. The van der Waals surface area contributed by atoms with Crippen molar-refractivity contribution in [3.05, 3.63) is 77.4 Å². The molecule has 0 bridgehead atoms. The number of carbonyl (C=O) groups is 3. The standard InChI is InChI=1S/C27H26N2O7/c1-33-19-9-7-8-18(16-19)28(12-13-29-26(31)20-10-5-6-11-21(20)27(29)32)25(30)17-14-22(34-2)24(36-4)23(15-17)35-3/h5-11,14-16H,12-13H2,1-4H3. The van der Waals surface area contributed by atoms with Gasteiger partial charge >= 0.3 is 0 Å². The normalized spacial score (nSPS) is 12.3. The van der Waals surface area contributed by atoms with Crippen molar-refractivity contribution >= 4 is 23.4 Å². The predicted octanol–water partition coefficient (Wildman–Crippen LogP) is 3.66. The van der Waals surface area contributed by atoms with Crippen LogP contribution in [0, 0.1) is 0 Å². The molecular weight excluding hydrogens is 464 g/mol. The van der Waals surface area contributed by atoms with E-state index in [0.717, 1.165) is 4.90 Å². The molecule has 0 fully saturated rings. The number of methoxy groups -OCH3 is 4. The second-order valence-electron chi connectivity index (χ2n) is 7.88. The Morgan fingerprint density at radius 1 is 0.778 bits per heavy atom. The monoisotopic (exact) mass is 490 g/mol. The van der Waals surface area contributed by atoms with Gasteiger partial charge < -0.3 is 23.8 Å². The second kappa shape index (κ2) is 10.4. The van der Waals surface area contributed by atoms with Crippen molar-refractivity contribution in [2.75, 3.05) is 46.4 Å². The van der Waals surface area contributed by atoms with Crippen LogP contribution in [0.15, 0.2) is 60.7 Å². The van der Waals surface area contributed by atoms with Gasteiger partial charge in [0.15, 0.2) is 11.5 Å². The Bertz CT molecular complexity index is 1260. The first-order valence-corrected chi connectivity index (χ1v) is 11.1. The highest BCUT2D eigenvalue weighted by atomic mass is 16.5. The summed E-state index contributed by atoms with van der Waals surface area (Å²) in [5, 5.41) is 0. The molecule has 186 valence electrons. The number of fused-ring (bicyclic) bond motifs is 1. The molecule has 0 aromatic heterocycles. The van der Waals surface area contributed by atoms with Gasteiger partial charge in [-0.25, -0.2) is 0 Å². The average Bonchev–Trinajstić information content (AvgIpc) is 3.17. The van der Waals surface area contributed by atoms with Crippen molar-refractivity contribution in [1.82, 2.24) is 4.90 Å². The van der Waals surface area contributed by atoms with Crippen LogP contribution in [0.4, 0.5) is 5.69 Å². The molecule has 0 atom stereocenters. The maximum absolute atomic E-state index is 13.8. The third kappa shape index (κ3) is 4.43. The predicted molar refractivity (Wildman–Crippen MR) is 133 cm³/mol. The van der Waals surface area contributed by atoms with E-state index in [4.69, 9.17) is 18.9 Å². The molecule has 1 aliphatic heterocycles. The highest BCUT2D eigenvalue weighted by molar-refractivity contribution is 6.21. The molecule has 0 aliphatic carbocycles. The summed E-state index contributed by atoms with van der Waals surface area (Å²) < 4.78 is 21.5. The molecule has 36 heavy (non-hydrogen) atoms. The fraction of sp³-hybridized carbons (Fsp3) is 0.222. The lowest BCUT2D eigenvalue weighted by molar-refractivity contribution is 0.0654. The molecule has 3 aromatic rings. The van der Waals surface area contributed by atoms with E-state index < -0.39 is 0 Å². The lowest BCUT2D eigenvalue weighted by atomic mass is 10.1. The van der Waals surface area contributed by atoms with Gasteiger partial charge in [0.2, 0.25) is 5.75 Å². The first kappa shape index (κ1) is 24.6. The molecule has 1 aliphatic rings. The Hall–Kier alpha value is -4.53. The van der Waals surface area contributed by atoms with Crippen LogP contribution in [-0.4, -0.2) is 64.2 Å². The van der Waals surface area contributed by atoms with E-state index in [1.807, 2.05) is 0 Å². The number of rotatable bonds is 9. The van der Waals surface area contributed by atoms with Crippen molar-refractivity contribution < 1.29 is 33.3 Å². The first-order chi connectivity index (χ1) is 17.4. The lowest BCUT2D eigenvalue weighted by Gasteiger charge is -2.26. The van der Waals surface area contributed by atoms with Crippen LogP contribution in [0.3, 0.4) is 0 Å². The smallest absolute Gasteiger partial charge is 0.261 e. The van der Waals surface area contributed by atoms with E-state index in [-0.39, 0.29) is 36.4 Å². The SMILES string of the molecule is COc1cccc(N(CCN2C(=O)c3ccccc3C2=O)C(=O)c2cc(OC)c(OC)c(OC)c2)c1. The summed E-state index contributed by atoms with van der Waals surface area (Å²) >= 11 is 0. The maximum Gasteiger partial charge on any atom is 0.261 e. The molecule has 9 heteroatoms. The van der Waals surface area contributed by atoms with E-state index in [0.29, 0.717) is 39.8 Å². The largest absolute Gasteiger partial charge is 0.497 e. The minimum atomic E-state index is -0.390. The lowest BCUT2D eigenvalue weighted by Crippen LogP contribution is -2.41. The highest BCUT2D eigenvalue weighted by Gasteiger charge is 2.35. The number of imide groups is 1. The number of hydrogen-bond donors (Lipinski definition) is 0. The fourth-order valence-corrected chi connectivity index (χ4v) is 4.13. The van der Waals surface area contributed by atoms with E-state index in [1.165, 1.54) is 33.3 Å². The number of anilines is 1. The van der Waals surface area contributed by atoms with Gasteiger partial charge in [-0.15, -0.1) is 0 Å². The van der Waals surface area contributed by atoms with Crippen LogP contribution in [0.25, 0.3) is 0 Å². The number of amides is 3. The highest BCUT2D eigenvalue weighted by Crippen LogP contribution is 2.39. The molecular formula is C27H26N2O7. The van der Waals surface area contributed by atoms with Gasteiger partial charge in [-0.3, -0.25) is 19.3 Å². The van der Waals surface area contributed by atoms with Crippen molar-refractivity contribution in [3.8, 4) is 23.0 Å². The molecule has 0 unspecified atom stereocenters. The van der Waals surface area contributed by atoms with Crippen LogP contribution in [0.5, 0.6) is 23.0 Å². The van der Waals surface area contributed by atoms with Crippen molar-refractivity contribution in [2.45, 2.75) is 0 Å². The van der Waals surface area contributed by atoms with Gasteiger partial charge in [-0.2, -0.15) is 0 Å². The van der Waals surface area contributed by atoms with E-state index in [1.54, 1.807) is 60.7 Å². The zero-order valence-corrected chi connectivity index (χ0v) is 20.4.